The Morgan fingerprint density at radius 3 is 2.33 bits per heavy atom. The molecule has 4 aromatic rings. The summed E-state index contributed by atoms with van der Waals surface area (Å²) in [6.45, 7) is 2.77. The molecule has 1 aliphatic rings. The van der Waals surface area contributed by atoms with E-state index in [1.165, 1.54) is 66.8 Å². The molecule has 1 N–H and O–H groups in total. The molecule has 5 rings (SSSR count). The predicted molar refractivity (Wildman–Crippen MR) is 155 cm³/mol. The zero-order valence-corrected chi connectivity index (χ0v) is 24.5. The molecule has 0 radical (unpaired) electrons. The zero-order valence-electron chi connectivity index (χ0n) is 22.8. The molecule has 0 bridgehead atoms. The number of aryl methyl sites for hydroxylation is 3. The number of hydrogen-bond donors (Lipinski definition) is 1. The van der Waals surface area contributed by atoms with Gasteiger partial charge < -0.3 is 14.8 Å². The Morgan fingerprint density at radius 2 is 1.68 bits per heavy atom. The number of rotatable bonds is 11. The van der Waals surface area contributed by atoms with Crippen LogP contribution in [0.25, 0.3) is 15.3 Å². The van der Waals surface area contributed by atoms with Crippen LogP contribution in [0.2, 0.25) is 0 Å². The molecular weight excluding hydrogens is 550 g/mol. The second kappa shape index (κ2) is 12.1. The lowest BCUT2D eigenvalue weighted by Gasteiger charge is -2.21. The molecule has 0 aliphatic heterocycles. The molecule has 1 aliphatic carbocycles. The van der Waals surface area contributed by atoms with E-state index in [4.69, 9.17) is 14.5 Å². The van der Waals surface area contributed by atoms with Gasteiger partial charge in [0.2, 0.25) is 15.2 Å². The van der Waals surface area contributed by atoms with E-state index in [1.807, 2.05) is 6.92 Å². The van der Waals surface area contributed by atoms with Crippen LogP contribution in [0.15, 0.2) is 47.4 Å². The Balaban J connectivity index is 1.35. The number of hydrogen-bond acceptors (Lipinski definition) is 8. The lowest BCUT2D eigenvalue weighted by atomic mass is 9.92. The van der Waals surface area contributed by atoms with Crippen molar-refractivity contribution in [2.75, 3.05) is 45.8 Å². The minimum atomic E-state index is -3.78. The number of anilines is 1. The highest BCUT2D eigenvalue weighted by atomic mass is 32.2. The van der Waals surface area contributed by atoms with Crippen molar-refractivity contribution in [1.29, 1.82) is 0 Å². The lowest BCUT2D eigenvalue weighted by molar-refractivity contribution is 0.102. The van der Waals surface area contributed by atoms with Gasteiger partial charge in [-0.15, -0.1) is 0 Å². The molecule has 0 spiro atoms. The maximum atomic E-state index is 13.2. The lowest BCUT2D eigenvalue weighted by Crippen LogP contribution is -2.36. The van der Waals surface area contributed by atoms with E-state index in [-0.39, 0.29) is 37.1 Å². The quantitative estimate of drug-likeness (QED) is 0.281. The number of thiazole rings is 1. The first-order chi connectivity index (χ1) is 19.3. The molecular formula is C28H33N5O5S2. The fraction of sp³-hybridized carbons (Fsp3) is 0.393. The van der Waals surface area contributed by atoms with E-state index in [9.17, 15) is 13.2 Å². The van der Waals surface area contributed by atoms with Gasteiger partial charge in [0.25, 0.3) is 5.91 Å². The number of nitrogens with one attached hydrogen (secondary N) is 1. The Hall–Kier alpha value is -3.16. The summed E-state index contributed by atoms with van der Waals surface area (Å²) in [7, 11) is -0.746. The number of carbonyl (C=O) groups excluding carboxylic acids is 1. The van der Waals surface area contributed by atoms with Gasteiger partial charge in [-0.05, 0) is 80.1 Å². The second-order valence-electron chi connectivity index (χ2n) is 9.74. The molecule has 0 unspecified atom stereocenters. The molecule has 10 nitrogen and oxygen atoms in total. The molecule has 0 saturated carbocycles. The van der Waals surface area contributed by atoms with Gasteiger partial charge in [-0.25, -0.2) is 13.4 Å². The van der Waals surface area contributed by atoms with Crippen molar-refractivity contribution in [2.45, 2.75) is 37.5 Å². The second-order valence-corrected chi connectivity index (χ2v) is 12.7. The van der Waals surface area contributed by atoms with Crippen LogP contribution in [-0.2, 0) is 32.3 Å². The van der Waals surface area contributed by atoms with Gasteiger partial charge in [0.1, 0.15) is 5.82 Å². The predicted octanol–water partition coefficient (Wildman–Crippen LogP) is 4.21. The first kappa shape index (κ1) is 28.4. The van der Waals surface area contributed by atoms with E-state index in [2.05, 4.69) is 22.5 Å². The number of sulfonamides is 1. The largest absolute Gasteiger partial charge is 0.383 e. The Labute approximate surface area is 238 Å². The molecule has 2 aromatic carbocycles. The minimum Gasteiger partial charge on any atom is -0.383 e. The van der Waals surface area contributed by atoms with E-state index in [0.717, 1.165) is 28.8 Å². The summed E-state index contributed by atoms with van der Waals surface area (Å²) in [6, 6.07) is 12.1. The molecule has 2 heterocycles. The Bertz CT molecular complexity index is 1560. The van der Waals surface area contributed by atoms with E-state index >= 15 is 0 Å². The van der Waals surface area contributed by atoms with Gasteiger partial charge in [-0.3, -0.25) is 4.79 Å². The normalized spacial score (nSPS) is 13.6. The van der Waals surface area contributed by atoms with E-state index in [0.29, 0.717) is 16.5 Å². The highest BCUT2D eigenvalue weighted by Crippen LogP contribution is 2.32. The summed E-state index contributed by atoms with van der Waals surface area (Å²) in [5.41, 5.74) is 4.76. The number of benzene rings is 2. The van der Waals surface area contributed by atoms with E-state index < -0.39 is 10.0 Å². The van der Waals surface area contributed by atoms with Gasteiger partial charge in [-0.1, -0.05) is 11.3 Å². The van der Waals surface area contributed by atoms with Crippen LogP contribution in [0.4, 0.5) is 5.82 Å². The van der Waals surface area contributed by atoms with Crippen molar-refractivity contribution in [3.05, 3.63) is 64.8 Å². The highest BCUT2D eigenvalue weighted by Gasteiger charge is 2.25. The molecule has 1 amide bonds. The van der Waals surface area contributed by atoms with Crippen LogP contribution < -0.4 is 5.32 Å². The summed E-state index contributed by atoms with van der Waals surface area (Å²) in [6.07, 6.45) is 4.60. The van der Waals surface area contributed by atoms with Gasteiger partial charge in [0, 0.05) is 38.9 Å². The molecule has 2 aromatic heterocycles. The van der Waals surface area contributed by atoms with Crippen LogP contribution in [0.5, 0.6) is 0 Å². The van der Waals surface area contributed by atoms with Crippen molar-refractivity contribution in [2.24, 2.45) is 0 Å². The number of aromatic nitrogens is 3. The summed E-state index contributed by atoms with van der Waals surface area (Å²) >= 11 is 1.54. The molecule has 40 heavy (non-hydrogen) atoms. The van der Waals surface area contributed by atoms with Gasteiger partial charge in [0.05, 0.1) is 34.0 Å². The number of amides is 1. The molecule has 0 atom stereocenters. The third kappa shape index (κ3) is 5.96. The molecule has 212 valence electrons. The van der Waals surface area contributed by atoms with Crippen LogP contribution >= 0.6 is 11.3 Å². The van der Waals surface area contributed by atoms with E-state index in [1.54, 1.807) is 22.1 Å². The fourth-order valence-corrected chi connectivity index (χ4v) is 7.21. The van der Waals surface area contributed by atoms with Crippen LogP contribution in [0.1, 0.15) is 40.0 Å². The summed E-state index contributed by atoms with van der Waals surface area (Å²) in [4.78, 5) is 18.1. The summed E-state index contributed by atoms with van der Waals surface area (Å²) in [5, 5.41) is 8.17. The van der Waals surface area contributed by atoms with Gasteiger partial charge >= 0.3 is 0 Å². The summed E-state index contributed by atoms with van der Waals surface area (Å²) in [5.74, 6) is 0.116. The van der Waals surface area contributed by atoms with Crippen molar-refractivity contribution in [3.8, 4) is 5.13 Å². The fourth-order valence-electron chi connectivity index (χ4n) is 4.82. The van der Waals surface area contributed by atoms with Crippen molar-refractivity contribution in [1.82, 2.24) is 19.1 Å². The standard InChI is InChI=1S/C28H33N5O5S2/c1-19-16-26(33(31-19)28-29-24-17-21-6-4-5-7-22(21)18-25(24)39-28)30-27(34)20-8-10-23(11-9-20)40(35,36)32(12-14-37-2)13-15-38-3/h8-11,16-18H,4-7,12-15H2,1-3H3,(H,30,34). The van der Waals surface area contributed by atoms with Crippen LogP contribution in [-0.4, -0.2) is 73.9 Å². The summed E-state index contributed by atoms with van der Waals surface area (Å²) < 4.78 is 40.5. The first-order valence-corrected chi connectivity index (χ1v) is 15.4. The maximum Gasteiger partial charge on any atom is 0.256 e. The number of nitrogens with zero attached hydrogens (tertiary/aromatic N) is 4. The number of methoxy groups -OCH3 is 2. The molecule has 0 fully saturated rings. The third-order valence-electron chi connectivity index (χ3n) is 6.94. The number of carbonyl (C=O) groups is 1. The Kier molecular flexibility index (Phi) is 8.62. The van der Waals surface area contributed by atoms with Crippen molar-refractivity contribution < 1.29 is 22.7 Å². The van der Waals surface area contributed by atoms with Gasteiger partial charge in [-0.2, -0.15) is 14.1 Å². The van der Waals surface area contributed by atoms with Crippen molar-refractivity contribution in [3.63, 3.8) is 0 Å². The Morgan fingerprint density at radius 1 is 1.02 bits per heavy atom. The topological polar surface area (TPSA) is 116 Å². The SMILES string of the molecule is COCCN(CCOC)S(=O)(=O)c1ccc(C(=O)Nc2cc(C)nn2-c2nc3cc4c(cc3s2)CCCC4)cc1. The van der Waals surface area contributed by atoms with Crippen molar-refractivity contribution >= 4 is 43.3 Å². The average Bonchev–Trinajstić information content (AvgIpc) is 3.53. The monoisotopic (exact) mass is 583 g/mol. The molecule has 12 heteroatoms. The third-order valence-corrected chi connectivity index (χ3v) is 9.85. The minimum absolute atomic E-state index is 0.0920. The van der Waals surface area contributed by atoms with Crippen LogP contribution in [0.3, 0.4) is 0 Å². The number of ether oxygens (including phenoxy) is 2. The van der Waals surface area contributed by atoms with Crippen LogP contribution in [0, 0.1) is 6.92 Å². The number of fused-ring (bicyclic) bond motifs is 2. The maximum absolute atomic E-state index is 13.2. The zero-order chi connectivity index (χ0) is 28.3. The van der Waals surface area contributed by atoms with Gasteiger partial charge in [0.15, 0.2) is 0 Å². The molecule has 0 saturated heterocycles. The average molecular weight is 584 g/mol. The highest BCUT2D eigenvalue weighted by molar-refractivity contribution is 7.89. The smallest absolute Gasteiger partial charge is 0.256 e. The first-order valence-electron chi connectivity index (χ1n) is 13.2.